The van der Waals surface area contributed by atoms with Gasteiger partial charge in [0.05, 0.1) is 30.7 Å². The summed E-state index contributed by atoms with van der Waals surface area (Å²) in [4.78, 5) is 13.2. The number of para-hydroxylation sites is 1. The first-order valence-electron chi connectivity index (χ1n) is 10.2. The second kappa shape index (κ2) is 10.3. The molecule has 9 nitrogen and oxygen atoms in total. The zero-order chi connectivity index (χ0) is 23.4. The third-order valence-electron chi connectivity index (χ3n) is 5.11. The number of hydrogen-bond acceptors (Lipinski definition) is 7. The van der Waals surface area contributed by atoms with E-state index in [9.17, 15) is 9.90 Å². The summed E-state index contributed by atoms with van der Waals surface area (Å²) >= 11 is 7.37. The topological polar surface area (TPSA) is 100.0 Å². The Morgan fingerprint density at radius 2 is 1.88 bits per heavy atom. The number of rotatable bonds is 9. The largest absolute Gasteiger partial charge is 0.390 e. The molecule has 0 bridgehead atoms. The summed E-state index contributed by atoms with van der Waals surface area (Å²) in [6, 6.07) is 16.8. The standard InChI is InChI=1S/C22H23ClN6O3S/c1-15-20(21(31)29(27(15)2)17-9-4-3-5-10-17)28-22(24-25-26-28)33-14-18(30)13-32-12-16-8-6-7-11-19(16)23/h3-11,18,30H,12-14H2,1-2H3. The van der Waals surface area contributed by atoms with Crippen LogP contribution in [0.3, 0.4) is 0 Å². The lowest BCUT2D eigenvalue weighted by Crippen LogP contribution is -2.22. The molecule has 2 aromatic carbocycles. The Morgan fingerprint density at radius 3 is 2.64 bits per heavy atom. The summed E-state index contributed by atoms with van der Waals surface area (Å²) in [6.45, 7) is 2.27. The Morgan fingerprint density at radius 1 is 1.15 bits per heavy atom. The van der Waals surface area contributed by atoms with Gasteiger partial charge >= 0.3 is 0 Å². The molecule has 33 heavy (non-hydrogen) atoms. The number of nitrogens with zero attached hydrogens (tertiary/aromatic N) is 6. The van der Waals surface area contributed by atoms with E-state index in [0.29, 0.717) is 33.9 Å². The number of thioether (sulfide) groups is 1. The monoisotopic (exact) mass is 486 g/mol. The number of tetrazole rings is 1. The molecule has 11 heteroatoms. The Bertz CT molecular complexity index is 1290. The van der Waals surface area contributed by atoms with Gasteiger partial charge in [0.1, 0.15) is 0 Å². The maximum Gasteiger partial charge on any atom is 0.297 e. The molecule has 0 saturated heterocycles. The van der Waals surface area contributed by atoms with Gasteiger partial charge in [0.15, 0.2) is 5.69 Å². The van der Waals surface area contributed by atoms with E-state index < -0.39 is 6.10 Å². The summed E-state index contributed by atoms with van der Waals surface area (Å²) in [5.74, 6) is 0.293. The summed E-state index contributed by atoms with van der Waals surface area (Å²) < 4.78 is 10.3. The molecule has 0 saturated carbocycles. The first kappa shape index (κ1) is 23.2. The molecule has 1 N–H and O–H groups in total. The molecule has 0 aliphatic heterocycles. The fraction of sp³-hybridized carbons (Fsp3) is 0.273. The average molecular weight is 487 g/mol. The second-order valence-corrected chi connectivity index (χ2v) is 8.75. The van der Waals surface area contributed by atoms with E-state index in [4.69, 9.17) is 16.3 Å². The minimum absolute atomic E-state index is 0.130. The van der Waals surface area contributed by atoms with Crippen molar-refractivity contribution in [3.05, 3.63) is 81.2 Å². The SMILES string of the molecule is Cc1c(-n2nnnc2SCC(O)COCc2ccccc2Cl)c(=O)n(-c2ccccc2)n1C. The van der Waals surface area contributed by atoms with Gasteiger partial charge in [0.2, 0.25) is 5.16 Å². The minimum Gasteiger partial charge on any atom is -0.390 e. The number of aliphatic hydroxyl groups excluding tert-OH is 1. The minimum atomic E-state index is -0.750. The van der Waals surface area contributed by atoms with E-state index in [1.807, 2.05) is 62.5 Å². The highest BCUT2D eigenvalue weighted by atomic mass is 35.5. The molecule has 4 rings (SSSR count). The summed E-state index contributed by atoms with van der Waals surface area (Å²) in [5, 5.41) is 23.2. The van der Waals surface area contributed by atoms with Gasteiger partial charge in [-0.15, -0.1) is 5.10 Å². The highest BCUT2D eigenvalue weighted by Crippen LogP contribution is 2.21. The van der Waals surface area contributed by atoms with Crippen molar-refractivity contribution >= 4 is 23.4 Å². The number of ether oxygens (including phenoxy) is 1. The fourth-order valence-electron chi connectivity index (χ4n) is 3.35. The van der Waals surface area contributed by atoms with Crippen LogP contribution in [0.25, 0.3) is 11.4 Å². The zero-order valence-electron chi connectivity index (χ0n) is 18.1. The van der Waals surface area contributed by atoms with Crippen molar-refractivity contribution in [3.8, 4) is 11.4 Å². The van der Waals surface area contributed by atoms with Crippen molar-refractivity contribution in [1.82, 2.24) is 29.6 Å². The van der Waals surface area contributed by atoms with E-state index in [0.717, 1.165) is 11.3 Å². The number of aromatic nitrogens is 6. The van der Waals surface area contributed by atoms with Crippen molar-refractivity contribution in [2.24, 2.45) is 7.05 Å². The van der Waals surface area contributed by atoms with Crippen LogP contribution >= 0.6 is 23.4 Å². The maximum absolute atomic E-state index is 13.2. The van der Waals surface area contributed by atoms with Crippen LogP contribution in [0.15, 0.2) is 64.5 Å². The van der Waals surface area contributed by atoms with Crippen LogP contribution in [0.2, 0.25) is 5.02 Å². The van der Waals surface area contributed by atoms with Crippen molar-refractivity contribution in [2.45, 2.75) is 24.8 Å². The number of halogens is 1. The first-order valence-corrected chi connectivity index (χ1v) is 11.6. The first-order chi connectivity index (χ1) is 16.0. The Balaban J connectivity index is 1.45. The summed E-state index contributed by atoms with van der Waals surface area (Å²) in [7, 11) is 1.81. The molecule has 1 unspecified atom stereocenters. The van der Waals surface area contributed by atoms with Gasteiger partial charge in [-0.3, -0.25) is 9.48 Å². The molecular formula is C22H23ClN6O3S. The molecule has 0 fully saturated rings. The predicted molar refractivity (Wildman–Crippen MR) is 126 cm³/mol. The van der Waals surface area contributed by atoms with E-state index in [1.165, 1.54) is 16.4 Å². The van der Waals surface area contributed by atoms with Crippen LogP contribution in [0.1, 0.15) is 11.3 Å². The molecule has 0 aliphatic carbocycles. The van der Waals surface area contributed by atoms with E-state index in [2.05, 4.69) is 15.5 Å². The smallest absolute Gasteiger partial charge is 0.297 e. The molecule has 0 radical (unpaired) electrons. The highest BCUT2D eigenvalue weighted by Gasteiger charge is 2.22. The fourth-order valence-corrected chi connectivity index (χ4v) is 4.32. The molecule has 0 spiro atoms. The predicted octanol–water partition coefficient (Wildman–Crippen LogP) is 2.78. The average Bonchev–Trinajstić information content (AvgIpc) is 3.36. The quantitative estimate of drug-likeness (QED) is 0.363. The Hall–Kier alpha value is -2.92. The molecule has 4 aromatic rings. The van der Waals surface area contributed by atoms with Crippen LogP contribution in [-0.2, 0) is 18.4 Å². The lowest BCUT2D eigenvalue weighted by Gasteiger charge is -2.11. The van der Waals surface area contributed by atoms with E-state index in [1.54, 1.807) is 15.4 Å². The van der Waals surface area contributed by atoms with Crippen LogP contribution in [0, 0.1) is 6.92 Å². The van der Waals surface area contributed by atoms with Crippen LogP contribution in [-0.4, -0.2) is 53.1 Å². The van der Waals surface area contributed by atoms with Gasteiger partial charge < -0.3 is 9.84 Å². The molecule has 2 heterocycles. The molecule has 172 valence electrons. The summed E-state index contributed by atoms with van der Waals surface area (Å²) in [5.41, 5.74) is 2.43. The third kappa shape index (κ3) is 5.03. The second-order valence-electron chi connectivity index (χ2n) is 7.35. The van der Waals surface area contributed by atoms with Gasteiger partial charge in [0.25, 0.3) is 5.56 Å². The van der Waals surface area contributed by atoms with Crippen LogP contribution in [0.5, 0.6) is 0 Å². The third-order valence-corrected chi connectivity index (χ3v) is 6.54. The number of benzene rings is 2. The van der Waals surface area contributed by atoms with Gasteiger partial charge in [-0.05, 0) is 41.1 Å². The van der Waals surface area contributed by atoms with Crippen molar-refractivity contribution in [2.75, 3.05) is 12.4 Å². The van der Waals surface area contributed by atoms with E-state index >= 15 is 0 Å². The van der Waals surface area contributed by atoms with Crippen molar-refractivity contribution in [3.63, 3.8) is 0 Å². The molecule has 0 aliphatic rings. The molecule has 0 amide bonds. The van der Waals surface area contributed by atoms with Gasteiger partial charge in [-0.2, -0.15) is 4.68 Å². The maximum atomic E-state index is 13.2. The van der Waals surface area contributed by atoms with Gasteiger partial charge in [-0.25, -0.2) is 4.68 Å². The summed E-state index contributed by atoms with van der Waals surface area (Å²) in [6.07, 6.45) is -0.750. The number of hydrogen-bond donors (Lipinski definition) is 1. The van der Waals surface area contributed by atoms with Crippen LogP contribution in [0.4, 0.5) is 0 Å². The van der Waals surface area contributed by atoms with E-state index in [-0.39, 0.29) is 12.2 Å². The highest BCUT2D eigenvalue weighted by molar-refractivity contribution is 7.99. The lowest BCUT2D eigenvalue weighted by molar-refractivity contribution is 0.0398. The normalized spacial score (nSPS) is 12.2. The lowest BCUT2D eigenvalue weighted by atomic mass is 10.2. The zero-order valence-corrected chi connectivity index (χ0v) is 19.7. The molecule has 2 aromatic heterocycles. The number of aliphatic hydroxyl groups is 1. The molecular weight excluding hydrogens is 464 g/mol. The van der Waals surface area contributed by atoms with Gasteiger partial charge in [0, 0.05) is 17.8 Å². The van der Waals surface area contributed by atoms with Crippen molar-refractivity contribution in [1.29, 1.82) is 0 Å². The van der Waals surface area contributed by atoms with Crippen LogP contribution < -0.4 is 5.56 Å². The van der Waals surface area contributed by atoms with Gasteiger partial charge in [-0.1, -0.05) is 59.8 Å². The molecule has 1 atom stereocenters. The van der Waals surface area contributed by atoms with Crippen molar-refractivity contribution < 1.29 is 9.84 Å². The Kier molecular flexibility index (Phi) is 7.29. The Labute approximate surface area is 199 Å².